The van der Waals surface area contributed by atoms with Gasteiger partial charge in [0.2, 0.25) is 5.91 Å². The number of halogens is 2. The minimum Gasteiger partial charge on any atom is -0.337 e. The largest absolute Gasteiger partial charge is 0.337 e. The molecule has 5 heteroatoms. The third-order valence-corrected chi connectivity index (χ3v) is 2.78. The molecule has 0 fully saturated rings. The lowest BCUT2D eigenvalue weighted by atomic mass is 10.2. The summed E-state index contributed by atoms with van der Waals surface area (Å²) < 4.78 is 13.6. The molecule has 1 N–H and O–H groups in total. The summed E-state index contributed by atoms with van der Waals surface area (Å²) in [6, 6.07) is 6.60. The van der Waals surface area contributed by atoms with E-state index in [9.17, 15) is 9.18 Å². The molecule has 0 aromatic heterocycles. The van der Waals surface area contributed by atoms with Crippen molar-refractivity contribution in [2.45, 2.75) is 26.3 Å². The molecule has 0 saturated heterocycles. The zero-order chi connectivity index (χ0) is 13.4. The van der Waals surface area contributed by atoms with E-state index in [-0.39, 0.29) is 30.7 Å². The van der Waals surface area contributed by atoms with E-state index in [1.54, 1.807) is 30.1 Å². The van der Waals surface area contributed by atoms with Gasteiger partial charge in [-0.1, -0.05) is 31.5 Å². The highest BCUT2D eigenvalue weighted by atomic mass is 35.5. The second-order valence-electron chi connectivity index (χ2n) is 4.29. The Morgan fingerprint density at radius 1 is 1.37 bits per heavy atom. The van der Waals surface area contributed by atoms with E-state index in [1.807, 2.05) is 0 Å². The van der Waals surface area contributed by atoms with Crippen molar-refractivity contribution in [3.05, 3.63) is 35.6 Å². The molecule has 0 atom stereocenters. The standard InChI is InChI=1S/C14H21FN2O.ClH/c1-3-4-9-17(14(18)10-16-2)11-12-7-5-6-8-13(12)15;/h5-8,16H,3-4,9-11H2,1-2H3;1H. The highest BCUT2D eigenvalue weighted by Gasteiger charge is 2.14. The molecular weight excluding hydrogens is 267 g/mol. The van der Waals surface area contributed by atoms with Crippen molar-refractivity contribution < 1.29 is 9.18 Å². The van der Waals surface area contributed by atoms with Crippen LogP contribution in [-0.2, 0) is 11.3 Å². The molecule has 1 amide bonds. The second kappa shape index (κ2) is 9.75. The third kappa shape index (κ3) is 6.03. The summed E-state index contributed by atoms with van der Waals surface area (Å²) in [5.41, 5.74) is 0.568. The summed E-state index contributed by atoms with van der Waals surface area (Å²) in [4.78, 5) is 13.6. The summed E-state index contributed by atoms with van der Waals surface area (Å²) in [5, 5.41) is 2.84. The van der Waals surface area contributed by atoms with Crippen molar-refractivity contribution in [2.24, 2.45) is 0 Å². The molecule has 3 nitrogen and oxygen atoms in total. The summed E-state index contributed by atoms with van der Waals surface area (Å²) in [6.45, 7) is 3.38. The number of carbonyl (C=O) groups excluding carboxylic acids is 1. The quantitative estimate of drug-likeness (QED) is 0.836. The normalized spacial score (nSPS) is 9.84. The van der Waals surface area contributed by atoms with Gasteiger partial charge in [0.05, 0.1) is 6.54 Å². The van der Waals surface area contributed by atoms with Crippen molar-refractivity contribution in [1.82, 2.24) is 10.2 Å². The van der Waals surface area contributed by atoms with Gasteiger partial charge in [0.15, 0.2) is 0 Å². The van der Waals surface area contributed by atoms with Crippen LogP contribution in [0.2, 0.25) is 0 Å². The van der Waals surface area contributed by atoms with E-state index in [4.69, 9.17) is 0 Å². The topological polar surface area (TPSA) is 32.3 Å². The highest BCUT2D eigenvalue weighted by molar-refractivity contribution is 5.85. The summed E-state index contributed by atoms with van der Waals surface area (Å²) >= 11 is 0. The molecule has 1 rings (SSSR count). The zero-order valence-corrected chi connectivity index (χ0v) is 12.3. The van der Waals surface area contributed by atoms with Crippen molar-refractivity contribution >= 4 is 18.3 Å². The first-order valence-corrected chi connectivity index (χ1v) is 6.34. The van der Waals surface area contributed by atoms with Crippen LogP contribution in [-0.4, -0.2) is 30.9 Å². The van der Waals surface area contributed by atoms with Crippen LogP contribution in [0.15, 0.2) is 24.3 Å². The van der Waals surface area contributed by atoms with Crippen LogP contribution < -0.4 is 5.32 Å². The SMILES string of the molecule is CCCCN(Cc1ccccc1F)C(=O)CNC.Cl. The summed E-state index contributed by atoms with van der Waals surface area (Å²) in [5.74, 6) is -0.245. The number of benzene rings is 1. The van der Waals surface area contributed by atoms with Gasteiger partial charge in [-0.3, -0.25) is 4.79 Å². The van der Waals surface area contributed by atoms with Gasteiger partial charge in [0.1, 0.15) is 5.82 Å². The molecule has 19 heavy (non-hydrogen) atoms. The molecule has 1 aromatic rings. The van der Waals surface area contributed by atoms with Crippen molar-refractivity contribution in [2.75, 3.05) is 20.1 Å². The zero-order valence-electron chi connectivity index (χ0n) is 11.5. The fourth-order valence-electron chi connectivity index (χ4n) is 1.74. The van der Waals surface area contributed by atoms with E-state index in [0.717, 1.165) is 12.8 Å². The molecule has 0 radical (unpaired) electrons. The van der Waals surface area contributed by atoms with Crippen LogP contribution in [0.5, 0.6) is 0 Å². The minimum atomic E-state index is -0.253. The molecular formula is C14H22ClFN2O. The molecule has 0 aliphatic heterocycles. The Hall–Kier alpha value is -1.13. The maximum absolute atomic E-state index is 13.6. The maximum atomic E-state index is 13.6. The molecule has 108 valence electrons. The molecule has 0 heterocycles. The average molecular weight is 289 g/mol. The van der Waals surface area contributed by atoms with Crippen molar-refractivity contribution in [1.29, 1.82) is 0 Å². The van der Waals surface area contributed by atoms with E-state index in [1.165, 1.54) is 6.07 Å². The van der Waals surface area contributed by atoms with Gasteiger partial charge in [0.25, 0.3) is 0 Å². The fourth-order valence-corrected chi connectivity index (χ4v) is 1.74. The first kappa shape index (κ1) is 17.9. The van der Waals surface area contributed by atoms with Crippen LogP contribution in [0.4, 0.5) is 4.39 Å². The Kier molecular flexibility index (Phi) is 9.17. The molecule has 0 spiro atoms. The number of hydrogen-bond acceptors (Lipinski definition) is 2. The number of carbonyl (C=O) groups is 1. The number of unbranched alkanes of at least 4 members (excludes halogenated alkanes) is 1. The lowest BCUT2D eigenvalue weighted by Gasteiger charge is -2.22. The summed E-state index contributed by atoms with van der Waals surface area (Å²) in [7, 11) is 1.74. The van der Waals surface area contributed by atoms with E-state index >= 15 is 0 Å². The number of hydrogen-bond donors (Lipinski definition) is 1. The minimum absolute atomic E-state index is 0. The van der Waals surface area contributed by atoms with E-state index < -0.39 is 0 Å². The van der Waals surface area contributed by atoms with E-state index in [0.29, 0.717) is 18.7 Å². The summed E-state index contributed by atoms with van der Waals surface area (Å²) in [6.07, 6.45) is 1.95. The van der Waals surface area contributed by atoms with Gasteiger partial charge >= 0.3 is 0 Å². The molecule has 1 aromatic carbocycles. The molecule has 0 bridgehead atoms. The van der Waals surface area contributed by atoms with Crippen LogP contribution >= 0.6 is 12.4 Å². The Balaban J connectivity index is 0.00000324. The van der Waals surface area contributed by atoms with Crippen molar-refractivity contribution in [3.63, 3.8) is 0 Å². The second-order valence-corrected chi connectivity index (χ2v) is 4.29. The average Bonchev–Trinajstić information content (AvgIpc) is 2.36. The maximum Gasteiger partial charge on any atom is 0.236 e. The Bertz CT molecular complexity index is 387. The van der Waals surface area contributed by atoms with Gasteiger partial charge in [-0.2, -0.15) is 0 Å². The number of amides is 1. The molecule has 0 saturated carbocycles. The number of rotatable bonds is 7. The Labute approximate surface area is 120 Å². The number of nitrogens with one attached hydrogen (secondary N) is 1. The van der Waals surface area contributed by atoms with Gasteiger partial charge in [-0.25, -0.2) is 4.39 Å². The lowest BCUT2D eigenvalue weighted by molar-refractivity contribution is -0.130. The molecule has 0 aliphatic carbocycles. The highest BCUT2D eigenvalue weighted by Crippen LogP contribution is 2.10. The van der Waals surface area contributed by atoms with Gasteiger partial charge < -0.3 is 10.2 Å². The van der Waals surface area contributed by atoms with Gasteiger partial charge in [-0.15, -0.1) is 12.4 Å². The molecule has 0 unspecified atom stereocenters. The Morgan fingerprint density at radius 2 is 2.05 bits per heavy atom. The van der Waals surface area contributed by atoms with E-state index in [2.05, 4.69) is 12.2 Å². The molecule has 0 aliphatic rings. The van der Waals surface area contributed by atoms with Gasteiger partial charge in [0, 0.05) is 18.7 Å². The van der Waals surface area contributed by atoms with Crippen LogP contribution in [0, 0.1) is 5.82 Å². The monoisotopic (exact) mass is 288 g/mol. The first-order chi connectivity index (χ1) is 8.69. The predicted octanol–water partition coefficient (Wildman–Crippen LogP) is 2.60. The predicted molar refractivity (Wildman–Crippen MR) is 77.9 cm³/mol. The fraction of sp³-hybridized carbons (Fsp3) is 0.500. The smallest absolute Gasteiger partial charge is 0.236 e. The Morgan fingerprint density at radius 3 is 2.63 bits per heavy atom. The number of likely N-dealkylation sites (N-methyl/N-ethyl adjacent to an activating group) is 1. The van der Waals surface area contributed by atoms with Crippen molar-refractivity contribution in [3.8, 4) is 0 Å². The lowest BCUT2D eigenvalue weighted by Crippen LogP contribution is -2.37. The van der Waals surface area contributed by atoms with Crippen LogP contribution in [0.25, 0.3) is 0 Å². The number of nitrogens with zero attached hydrogens (tertiary/aromatic N) is 1. The van der Waals surface area contributed by atoms with Crippen LogP contribution in [0.3, 0.4) is 0 Å². The first-order valence-electron chi connectivity index (χ1n) is 6.34. The van der Waals surface area contributed by atoms with Gasteiger partial charge in [-0.05, 0) is 19.5 Å². The van der Waals surface area contributed by atoms with Crippen LogP contribution in [0.1, 0.15) is 25.3 Å². The third-order valence-electron chi connectivity index (χ3n) is 2.78.